The van der Waals surface area contributed by atoms with Crippen molar-refractivity contribution in [1.82, 2.24) is 0 Å². The van der Waals surface area contributed by atoms with Crippen LogP contribution >= 0.6 is 45.2 Å². The van der Waals surface area contributed by atoms with Crippen LogP contribution in [0.15, 0.2) is 0 Å². The summed E-state index contributed by atoms with van der Waals surface area (Å²) in [5, 5.41) is 0. The number of ketones is 1. The van der Waals surface area contributed by atoms with Gasteiger partial charge in [-0.05, 0) is 36.5 Å². The fraction of sp³-hybridized carbons (Fsp3) is 0.923. The van der Waals surface area contributed by atoms with Crippen molar-refractivity contribution >= 4 is 51.0 Å². The molecule has 3 saturated carbocycles. The van der Waals surface area contributed by atoms with E-state index in [1.165, 1.54) is 12.8 Å². The number of carbonyl (C=O) groups is 1. The maximum absolute atomic E-state index is 12.2. The Balaban J connectivity index is 2.01. The molecule has 0 aromatic heterocycles. The van der Waals surface area contributed by atoms with E-state index >= 15 is 0 Å². The first-order valence-corrected chi connectivity index (χ1v) is 8.73. The van der Waals surface area contributed by atoms with E-state index in [1.807, 2.05) is 0 Å². The van der Waals surface area contributed by atoms with Crippen molar-refractivity contribution in [3.8, 4) is 0 Å². The van der Waals surface area contributed by atoms with E-state index in [4.69, 9.17) is 0 Å². The molecule has 0 radical (unpaired) electrons. The molecule has 0 aromatic rings. The van der Waals surface area contributed by atoms with E-state index in [2.05, 4.69) is 59.0 Å². The van der Waals surface area contributed by atoms with Crippen LogP contribution in [0.4, 0.5) is 0 Å². The van der Waals surface area contributed by atoms with Gasteiger partial charge < -0.3 is 0 Å². The van der Waals surface area contributed by atoms with Gasteiger partial charge in [-0.3, -0.25) is 4.79 Å². The first kappa shape index (κ1) is 12.2. The molecule has 3 fully saturated rings. The van der Waals surface area contributed by atoms with Crippen molar-refractivity contribution in [2.75, 3.05) is 0 Å². The number of carbonyl (C=O) groups excluding carboxylic acids is 1. The number of rotatable bonds is 0. The molecule has 3 unspecified atom stereocenters. The number of hydrogen-bond acceptors (Lipinski definition) is 1. The quantitative estimate of drug-likeness (QED) is 0.410. The van der Waals surface area contributed by atoms with Crippen LogP contribution in [0.25, 0.3) is 0 Å². The van der Waals surface area contributed by atoms with E-state index < -0.39 is 0 Å². The van der Waals surface area contributed by atoms with Gasteiger partial charge in [0.05, 0.1) is 0 Å². The Bertz CT molecular complexity index is 339. The fourth-order valence-corrected chi connectivity index (χ4v) is 7.93. The number of fused-ring (bicyclic) bond motifs is 5. The number of halogens is 2. The highest BCUT2D eigenvalue weighted by molar-refractivity contribution is 14.1. The summed E-state index contributed by atoms with van der Waals surface area (Å²) in [4.78, 5) is 12.2. The molecule has 0 saturated heterocycles. The van der Waals surface area contributed by atoms with Gasteiger partial charge in [0.25, 0.3) is 0 Å². The SMILES string of the molecule is CC1(C)C(=O)CC2C(I)C1[C@H]1C[C@H](I)C[C@@H]21. The molecule has 0 amide bonds. The van der Waals surface area contributed by atoms with Crippen molar-refractivity contribution in [2.24, 2.45) is 29.1 Å². The minimum Gasteiger partial charge on any atom is -0.299 e. The lowest BCUT2D eigenvalue weighted by molar-refractivity contribution is -0.132. The van der Waals surface area contributed by atoms with Crippen LogP contribution in [0, 0.1) is 29.1 Å². The lowest BCUT2D eigenvalue weighted by Crippen LogP contribution is -2.44. The molecule has 3 aliphatic carbocycles. The van der Waals surface area contributed by atoms with Crippen molar-refractivity contribution in [3.05, 3.63) is 0 Å². The highest BCUT2D eigenvalue weighted by atomic mass is 127. The molecule has 3 rings (SSSR count). The summed E-state index contributed by atoms with van der Waals surface area (Å²) in [5.74, 6) is 3.60. The summed E-state index contributed by atoms with van der Waals surface area (Å²) < 4.78 is 1.62. The number of Topliss-reactive ketones (excluding diaryl/α,β-unsaturated/α-hetero) is 1. The van der Waals surface area contributed by atoms with E-state index in [-0.39, 0.29) is 5.41 Å². The van der Waals surface area contributed by atoms with Crippen LogP contribution in [0.2, 0.25) is 0 Å². The Morgan fingerprint density at radius 2 is 1.75 bits per heavy atom. The van der Waals surface area contributed by atoms with Crippen LogP contribution in [-0.2, 0) is 4.79 Å². The zero-order valence-electron chi connectivity index (χ0n) is 9.75. The van der Waals surface area contributed by atoms with Crippen LogP contribution in [0.5, 0.6) is 0 Å². The van der Waals surface area contributed by atoms with Gasteiger partial charge in [-0.2, -0.15) is 0 Å². The third kappa shape index (κ3) is 1.48. The molecular formula is C13H18I2O. The maximum Gasteiger partial charge on any atom is 0.139 e. The van der Waals surface area contributed by atoms with Gasteiger partial charge in [0.15, 0.2) is 0 Å². The molecule has 6 atom stereocenters. The molecule has 0 aromatic carbocycles. The Morgan fingerprint density at radius 1 is 1.12 bits per heavy atom. The third-order valence-electron chi connectivity index (χ3n) is 5.34. The van der Waals surface area contributed by atoms with Gasteiger partial charge in [-0.25, -0.2) is 0 Å². The van der Waals surface area contributed by atoms with Gasteiger partial charge in [-0.1, -0.05) is 59.0 Å². The molecular weight excluding hydrogens is 426 g/mol. The van der Waals surface area contributed by atoms with Gasteiger partial charge in [-0.15, -0.1) is 0 Å². The van der Waals surface area contributed by atoms with E-state index in [0.29, 0.717) is 17.6 Å². The minimum absolute atomic E-state index is 0.0531. The monoisotopic (exact) mass is 444 g/mol. The molecule has 16 heavy (non-hydrogen) atoms. The molecule has 3 aliphatic rings. The van der Waals surface area contributed by atoms with Crippen molar-refractivity contribution in [2.45, 2.75) is 41.0 Å². The largest absolute Gasteiger partial charge is 0.299 e. The molecule has 3 heteroatoms. The summed E-state index contributed by atoms with van der Waals surface area (Å²) >= 11 is 5.26. The van der Waals surface area contributed by atoms with Crippen molar-refractivity contribution < 1.29 is 4.79 Å². The van der Waals surface area contributed by atoms with E-state index in [9.17, 15) is 4.79 Å². The zero-order valence-corrected chi connectivity index (χ0v) is 14.1. The van der Waals surface area contributed by atoms with Gasteiger partial charge >= 0.3 is 0 Å². The third-order valence-corrected chi connectivity index (χ3v) is 8.06. The minimum atomic E-state index is -0.0531. The lowest BCUT2D eigenvalue weighted by atomic mass is 9.66. The number of hydrogen-bond donors (Lipinski definition) is 0. The Kier molecular flexibility index (Phi) is 2.90. The number of alkyl halides is 2. The normalized spacial score (nSPS) is 54.1. The highest BCUT2D eigenvalue weighted by Crippen LogP contribution is 2.64. The predicted octanol–water partition coefficient (Wildman–Crippen LogP) is 3.86. The fourth-order valence-electron chi connectivity index (χ4n) is 4.54. The van der Waals surface area contributed by atoms with Crippen LogP contribution in [0.1, 0.15) is 33.1 Å². The van der Waals surface area contributed by atoms with Gasteiger partial charge in [0, 0.05) is 19.7 Å². The zero-order chi connectivity index (χ0) is 11.7. The first-order valence-electron chi connectivity index (χ1n) is 6.24. The average molecular weight is 444 g/mol. The molecule has 0 N–H and O–H groups in total. The van der Waals surface area contributed by atoms with E-state index in [0.717, 1.165) is 26.1 Å². The van der Waals surface area contributed by atoms with E-state index in [1.54, 1.807) is 0 Å². The Labute approximate surface area is 125 Å². The average Bonchev–Trinajstić information content (AvgIpc) is 2.61. The summed E-state index contributed by atoms with van der Waals surface area (Å²) in [6, 6.07) is 0. The second kappa shape index (κ2) is 3.81. The second-order valence-corrected chi connectivity index (χ2v) is 9.58. The molecule has 0 heterocycles. The Morgan fingerprint density at radius 3 is 2.44 bits per heavy atom. The molecule has 2 bridgehead atoms. The van der Waals surface area contributed by atoms with Gasteiger partial charge in [0.2, 0.25) is 0 Å². The summed E-state index contributed by atoms with van der Waals surface area (Å²) in [6.45, 7) is 4.40. The maximum atomic E-state index is 12.2. The summed E-state index contributed by atoms with van der Waals surface area (Å²) in [7, 11) is 0. The second-order valence-electron chi connectivity index (χ2n) is 6.38. The highest BCUT2D eigenvalue weighted by Gasteiger charge is 2.62. The molecule has 90 valence electrons. The molecule has 1 nitrogen and oxygen atoms in total. The standard InChI is InChI=1S/C13H18I2O/c1-13(2)10(16)5-9-7-3-6(14)4-8(7)11(13)12(9)15/h6-9,11-12H,3-5H2,1-2H3/t6-,7-,8+,9?,11?,12?/m1/s1. The van der Waals surface area contributed by atoms with Crippen LogP contribution < -0.4 is 0 Å². The van der Waals surface area contributed by atoms with Crippen molar-refractivity contribution in [3.63, 3.8) is 0 Å². The van der Waals surface area contributed by atoms with Crippen molar-refractivity contribution in [1.29, 1.82) is 0 Å². The first-order chi connectivity index (χ1) is 7.43. The van der Waals surface area contributed by atoms with Gasteiger partial charge in [0.1, 0.15) is 5.78 Å². The summed E-state index contributed by atoms with van der Waals surface area (Å²) in [6.07, 6.45) is 3.60. The van der Waals surface area contributed by atoms with Crippen LogP contribution in [-0.4, -0.2) is 13.6 Å². The summed E-state index contributed by atoms with van der Waals surface area (Å²) in [5.41, 5.74) is -0.0531. The lowest BCUT2D eigenvalue weighted by Gasteiger charge is -2.40. The Hall–Kier alpha value is 1.13. The predicted molar refractivity (Wildman–Crippen MR) is 82.2 cm³/mol. The molecule has 0 spiro atoms. The molecule has 0 aliphatic heterocycles. The smallest absolute Gasteiger partial charge is 0.139 e. The topological polar surface area (TPSA) is 17.1 Å². The van der Waals surface area contributed by atoms with Crippen LogP contribution in [0.3, 0.4) is 0 Å².